The minimum absolute atomic E-state index is 0.192. The Kier molecular flexibility index (Phi) is 3.69. The number of ketones is 1. The Hall–Kier alpha value is -1.11. The summed E-state index contributed by atoms with van der Waals surface area (Å²) < 4.78 is 0. The van der Waals surface area contributed by atoms with Gasteiger partial charge < -0.3 is 0 Å². The van der Waals surface area contributed by atoms with Gasteiger partial charge in [-0.2, -0.15) is 0 Å². The van der Waals surface area contributed by atoms with Gasteiger partial charge in [0.25, 0.3) is 0 Å². The van der Waals surface area contributed by atoms with Gasteiger partial charge in [-0.05, 0) is 18.4 Å². The van der Waals surface area contributed by atoms with E-state index in [1.165, 1.54) is 5.56 Å². The molecule has 0 aliphatic rings. The molecule has 0 bridgehead atoms. The van der Waals surface area contributed by atoms with Crippen LogP contribution in [-0.2, 0) is 6.42 Å². The van der Waals surface area contributed by atoms with Crippen LogP contribution in [0.1, 0.15) is 35.7 Å². The lowest BCUT2D eigenvalue weighted by Crippen LogP contribution is -1.97. The van der Waals surface area contributed by atoms with Crippen LogP contribution in [0, 0.1) is 6.92 Å². The molecule has 1 nitrogen and oxygen atoms in total. The molecule has 1 radical (unpaired) electrons. The Morgan fingerprint density at radius 1 is 1.31 bits per heavy atom. The van der Waals surface area contributed by atoms with Gasteiger partial charge in [-0.15, -0.1) is 0 Å². The highest BCUT2D eigenvalue weighted by Gasteiger charge is 2.02. The molecular formula is C12H15O. The van der Waals surface area contributed by atoms with Crippen molar-refractivity contribution in [3.8, 4) is 0 Å². The zero-order valence-corrected chi connectivity index (χ0v) is 8.05. The van der Waals surface area contributed by atoms with E-state index in [0.29, 0.717) is 12.8 Å². The minimum atomic E-state index is 0.192. The molecule has 1 heteroatoms. The van der Waals surface area contributed by atoms with E-state index >= 15 is 0 Å². The molecule has 0 amide bonds. The summed E-state index contributed by atoms with van der Waals surface area (Å²) in [4.78, 5) is 11.4. The third-order valence-electron chi connectivity index (χ3n) is 2.09. The summed E-state index contributed by atoms with van der Waals surface area (Å²) in [7, 11) is 0. The number of hydrogen-bond acceptors (Lipinski definition) is 1. The fraction of sp³-hybridized carbons (Fsp3) is 0.333. The van der Waals surface area contributed by atoms with Crippen LogP contribution in [0.2, 0.25) is 0 Å². The van der Waals surface area contributed by atoms with Crippen molar-refractivity contribution in [2.75, 3.05) is 0 Å². The number of carbonyl (C=O) groups is 1. The van der Waals surface area contributed by atoms with E-state index in [1.807, 2.05) is 24.3 Å². The zero-order chi connectivity index (χ0) is 9.68. The summed E-state index contributed by atoms with van der Waals surface area (Å²) in [6.07, 6.45) is 2.24. The Morgan fingerprint density at radius 2 is 1.92 bits per heavy atom. The van der Waals surface area contributed by atoms with Gasteiger partial charge in [0.1, 0.15) is 0 Å². The molecule has 0 unspecified atom stereocenters. The van der Waals surface area contributed by atoms with Gasteiger partial charge in [-0.25, -0.2) is 0 Å². The van der Waals surface area contributed by atoms with Crippen molar-refractivity contribution in [1.29, 1.82) is 0 Å². The highest BCUT2D eigenvalue weighted by molar-refractivity contribution is 5.96. The van der Waals surface area contributed by atoms with Gasteiger partial charge >= 0.3 is 0 Å². The van der Waals surface area contributed by atoms with Gasteiger partial charge in [0.05, 0.1) is 0 Å². The van der Waals surface area contributed by atoms with Crippen LogP contribution in [0.15, 0.2) is 24.3 Å². The van der Waals surface area contributed by atoms with E-state index < -0.39 is 0 Å². The van der Waals surface area contributed by atoms with Crippen LogP contribution in [0.4, 0.5) is 0 Å². The van der Waals surface area contributed by atoms with E-state index in [-0.39, 0.29) is 5.78 Å². The SMILES string of the molecule is [CH2]CCC(=O)c1ccc(CC)cc1. The molecule has 0 aliphatic heterocycles. The molecular weight excluding hydrogens is 160 g/mol. The molecule has 69 valence electrons. The molecule has 0 aromatic heterocycles. The van der Waals surface area contributed by atoms with E-state index in [0.717, 1.165) is 12.0 Å². The maximum atomic E-state index is 11.4. The van der Waals surface area contributed by atoms with Crippen LogP contribution >= 0.6 is 0 Å². The zero-order valence-electron chi connectivity index (χ0n) is 8.05. The number of aryl methyl sites for hydroxylation is 1. The highest BCUT2D eigenvalue weighted by Crippen LogP contribution is 2.08. The monoisotopic (exact) mass is 175 g/mol. The van der Waals surface area contributed by atoms with Crippen molar-refractivity contribution in [3.63, 3.8) is 0 Å². The maximum absolute atomic E-state index is 11.4. The lowest BCUT2D eigenvalue weighted by Gasteiger charge is -2.00. The topological polar surface area (TPSA) is 17.1 Å². The van der Waals surface area contributed by atoms with Crippen molar-refractivity contribution in [1.82, 2.24) is 0 Å². The smallest absolute Gasteiger partial charge is 0.162 e. The molecule has 1 rings (SSSR count). The van der Waals surface area contributed by atoms with Gasteiger partial charge in [0.2, 0.25) is 0 Å². The number of carbonyl (C=O) groups excluding carboxylic acids is 1. The normalized spacial score (nSPS) is 10.0. The third-order valence-corrected chi connectivity index (χ3v) is 2.09. The molecule has 0 saturated heterocycles. The Bertz CT molecular complexity index is 272. The first-order chi connectivity index (χ1) is 6.27. The first-order valence-electron chi connectivity index (χ1n) is 4.69. The fourth-order valence-electron chi connectivity index (χ4n) is 1.23. The number of hydrogen-bond donors (Lipinski definition) is 0. The Balaban J connectivity index is 2.74. The predicted octanol–water partition coefficient (Wildman–Crippen LogP) is 3.05. The van der Waals surface area contributed by atoms with Gasteiger partial charge in [0, 0.05) is 12.0 Å². The van der Waals surface area contributed by atoms with E-state index in [4.69, 9.17) is 0 Å². The fourth-order valence-corrected chi connectivity index (χ4v) is 1.23. The van der Waals surface area contributed by atoms with E-state index in [9.17, 15) is 4.79 Å². The van der Waals surface area contributed by atoms with Crippen molar-refractivity contribution in [2.24, 2.45) is 0 Å². The van der Waals surface area contributed by atoms with Gasteiger partial charge in [0.15, 0.2) is 5.78 Å². The second kappa shape index (κ2) is 4.80. The molecule has 0 N–H and O–H groups in total. The molecule has 1 aromatic carbocycles. The average molecular weight is 175 g/mol. The van der Waals surface area contributed by atoms with E-state index in [2.05, 4.69) is 13.8 Å². The summed E-state index contributed by atoms with van der Waals surface area (Å²) in [5.41, 5.74) is 2.08. The maximum Gasteiger partial charge on any atom is 0.162 e. The number of rotatable bonds is 4. The summed E-state index contributed by atoms with van der Waals surface area (Å²) in [5, 5.41) is 0. The van der Waals surface area contributed by atoms with Crippen LogP contribution in [0.3, 0.4) is 0 Å². The molecule has 0 saturated carbocycles. The summed E-state index contributed by atoms with van der Waals surface area (Å²) >= 11 is 0. The standard InChI is InChI=1S/C12H15O/c1-3-5-12(13)11-8-6-10(4-2)7-9-11/h6-9H,1,3-5H2,2H3. The van der Waals surface area contributed by atoms with Crippen molar-refractivity contribution in [3.05, 3.63) is 42.3 Å². The molecule has 1 aromatic rings. The Labute approximate surface area is 79.8 Å². The van der Waals surface area contributed by atoms with Crippen LogP contribution in [0.25, 0.3) is 0 Å². The predicted molar refractivity (Wildman–Crippen MR) is 54.7 cm³/mol. The summed E-state index contributed by atoms with van der Waals surface area (Å²) in [5.74, 6) is 0.192. The van der Waals surface area contributed by atoms with Crippen molar-refractivity contribution >= 4 is 5.78 Å². The second-order valence-electron chi connectivity index (χ2n) is 3.08. The molecule has 13 heavy (non-hydrogen) atoms. The average Bonchev–Trinajstić information content (AvgIpc) is 2.18. The summed E-state index contributed by atoms with van der Waals surface area (Å²) in [6.45, 7) is 5.77. The third kappa shape index (κ3) is 2.69. The largest absolute Gasteiger partial charge is 0.294 e. The van der Waals surface area contributed by atoms with Crippen molar-refractivity contribution in [2.45, 2.75) is 26.2 Å². The molecule has 0 fully saturated rings. The molecule has 0 spiro atoms. The van der Waals surface area contributed by atoms with Crippen LogP contribution in [-0.4, -0.2) is 5.78 Å². The van der Waals surface area contributed by atoms with E-state index in [1.54, 1.807) is 0 Å². The molecule has 0 aliphatic carbocycles. The van der Waals surface area contributed by atoms with Gasteiger partial charge in [-0.3, -0.25) is 4.79 Å². The number of Topliss-reactive ketones (excluding diaryl/α,β-unsaturated/α-hetero) is 1. The quantitative estimate of drug-likeness (QED) is 0.643. The first kappa shape index (κ1) is 9.97. The molecule has 0 heterocycles. The highest BCUT2D eigenvalue weighted by atomic mass is 16.1. The lowest BCUT2D eigenvalue weighted by atomic mass is 10.0. The van der Waals surface area contributed by atoms with Crippen LogP contribution < -0.4 is 0 Å². The summed E-state index contributed by atoms with van der Waals surface area (Å²) in [6, 6.07) is 7.82. The number of benzene rings is 1. The van der Waals surface area contributed by atoms with Crippen LogP contribution in [0.5, 0.6) is 0 Å². The first-order valence-corrected chi connectivity index (χ1v) is 4.69. The van der Waals surface area contributed by atoms with Crippen molar-refractivity contribution < 1.29 is 4.79 Å². The lowest BCUT2D eigenvalue weighted by molar-refractivity contribution is 0.0983. The Morgan fingerprint density at radius 3 is 2.38 bits per heavy atom. The van der Waals surface area contributed by atoms with Gasteiger partial charge in [-0.1, -0.05) is 38.1 Å². The second-order valence-corrected chi connectivity index (χ2v) is 3.08. The molecule has 0 atom stereocenters. The minimum Gasteiger partial charge on any atom is -0.294 e.